The minimum absolute atomic E-state index is 0.128. The fourth-order valence-electron chi connectivity index (χ4n) is 3.23. The monoisotopic (exact) mass is 255 g/mol. The molecule has 1 rings (SSSR count). The predicted molar refractivity (Wildman–Crippen MR) is 74.3 cm³/mol. The summed E-state index contributed by atoms with van der Waals surface area (Å²) in [5, 5.41) is 12.2. The van der Waals surface area contributed by atoms with E-state index in [0.717, 1.165) is 25.7 Å². The summed E-state index contributed by atoms with van der Waals surface area (Å²) in [4.78, 5) is 12.6. The molecule has 2 N–H and O–H groups in total. The molecule has 1 amide bonds. The van der Waals surface area contributed by atoms with Crippen molar-refractivity contribution in [2.45, 2.75) is 71.8 Å². The van der Waals surface area contributed by atoms with Gasteiger partial charge >= 0.3 is 0 Å². The summed E-state index contributed by atoms with van der Waals surface area (Å²) in [6, 6.07) is 0.132. The molecule has 0 radical (unpaired) electrons. The van der Waals surface area contributed by atoms with E-state index >= 15 is 0 Å². The van der Waals surface area contributed by atoms with Gasteiger partial charge in [0.1, 0.15) is 0 Å². The molecular formula is C15H29NO2. The number of rotatable bonds is 7. The van der Waals surface area contributed by atoms with Gasteiger partial charge in [-0.1, -0.05) is 33.6 Å². The Hall–Kier alpha value is -0.570. The molecule has 1 fully saturated rings. The van der Waals surface area contributed by atoms with Gasteiger partial charge in [0.2, 0.25) is 5.91 Å². The lowest BCUT2D eigenvalue weighted by Crippen LogP contribution is -2.45. The van der Waals surface area contributed by atoms with E-state index in [2.05, 4.69) is 26.1 Å². The first-order chi connectivity index (χ1) is 8.54. The standard InChI is InChI=1S/C15H29NO2/c1-4-13(7-10-17)16-14(18)15(11-12(2)3)8-5-6-9-15/h12-13,17H,4-11H2,1-3H3,(H,16,18). The highest BCUT2D eigenvalue weighted by atomic mass is 16.3. The minimum atomic E-state index is -0.128. The number of aliphatic hydroxyl groups excluding tert-OH is 1. The van der Waals surface area contributed by atoms with Crippen molar-refractivity contribution in [3.8, 4) is 0 Å². The third-order valence-electron chi connectivity index (χ3n) is 4.15. The van der Waals surface area contributed by atoms with Crippen LogP contribution in [0.2, 0.25) is 0 Å². The highest BCUT2D eigenvalue weighted by molar-refractivity contribution is 5.83. The van der Waals surface area contributed by atoms with E-state index in [1.54, 1.807) is 0 Å². The van der Waals surface area contributed by atoms with Crippen LogP contribution >= 0.6 is 0 Å². The molecule has 1 aliphatic rings. The van der Waals surface area contributed by atoms with Crippen molar-refractivity contribution in [2.75, 3.05) is 6.61 Å². The number of hydrogen-bond donors (Lipinski definition) is 2. The van der Waals surface area contributed by atoms with Gasteiger partial charge in [0, 0.05) is 18.1 Å². The summed E-state index contributed by atoms with van der Waals surface area (Å²) in [5.74, 6) is 0.792. The number of carbonyl (C=O) groups excluding carboxylic acids is 1. The van der Waals surface area contributed by atoms with Crippen LogP contribution in [0.3, 0.4) is 0 Å². The van der Waals surface area contributed by atoms with Crippen LogP contribution in [-0.4, -0.2) is 23.7 Å². The Bertz CT molecular complexity index is 257. The topological polar surface area (TPSA) is 49.3 Å². The number of aliphatic hydroxyl groups is 1. The second kappa shape index (κ2) is 7.13. The molecule has 106 valence electrons. The van der Waals surface area contributed by atoms with Crippen molar-refractivity contribution >= 4 is 5.91 Å². The fourth-order valence-corrected chi connectivity index (χ4v) is 3.23. The van der Waals surface area contributed by atoms with E-state index < -0.39 is 0 Å². The van der Waals surface area contributed by atoms with Gasteiger partial charge in [-0.15, -0.1) is 0 Å². The van der Waals surface area contributed by atoms with Gasteiger partial charge in [0.25, 0.3) is 0 Å². The van der Waals surface area contributed by atoms with Crippen LogP contribution in [0, 0.1) is 11.3 Å². The van der Waals surface area contributed by atoms with E-state index in [1.807, 2.05) is 0 Å². The Labute approximate surface area is 111 Å². The van der Waals surface area contributed by atoms with Crippen LogP contribution in [0.25, 0.3) is 0 Å². The highest BCUT2D eigenvalue weighted by Gasteiger charge is 2.41. The quantitative estimate of drug-likeness (QED) is 0.735. The first kappa shape index (κ1) is 15.5. The molecule has 0 aromatic heterocycles. The second-order valence-electron chi connectivity index (χ2n) is 6.18. The second-order valence-corrected chi connectivity index (χ2v) is 6.18. The minimum Gasteiger partial charge on any atom is -0.396 e. The molecule has 0 spiro atoms. The normalized spacial score (nSPS) is 20.1. The lowest BCUT2D eigenvalue weighted by molar-refractivity contribution is -0.132. The smallest absolute Gasteiger partial charge is 0.226 e. The zero-order chi connectivity index (χ0) is 13.6. The van der Waals surface area contributed by atoms with E-state index in [9.17, 15) is 4.79 Å². The van der Waals surface area contributed by atoms with E-state index in [1.165, 1.54) is 12.8 Å². The Morgan fingerprint density at radius 1 is 1.33 bits per heavy atom. The maximum Gasteiger partial charge on any atom is 0.226 e. The number of hydrogen-bond acceptors (Lipinski definition) is 2. The summed E-state index contributed by atoms with van der Waals surface area (Å²) in [5.41, 5.74) is -0.128. The van der Waals surface area contributed by atoms with Gasteiger partial charge < -0.3 is 10.4 Å². The van der Waals surface area contributed by atoms with Gasteiger partial charge in [0.05, 0.1) is 0 Å². The molecule has 1 unspecified atom stereocenters. The van der Waals surface area contributed by atoms with Gasteiger partial charge in [-0.25, -0.2) is 0 Å². The van der Waals surface area contributed by atoms with Crippen LogP contribution in [-0.2, 0) is 4.79 Å². The van der Waals surface area contributed by atoms with Crippen LogP contribution in [0.4, 0.5) is 0 Å². The van der Waals surface area contributed by atoms with Crippen LogP contribution in [0.15, 0.2) is 0 Å². The molecule has 1 aliphatic carbocycles. The largest absolute Gasteiger partial charge is 0.396 e. The molecule has 0 aromatic carbocycles. The SMILES string of the molecule is CCC(CCO)NC(=O)C1(CC(C)C)CCCC1. The van der Waals surface area contributed by atoms with Crippen molar-refractivity contribution in [3.63, 3.8) is 0 Å². The van der Waals surface area contributed by atoms with Crippen molar-refractivity contribution in [2.24, 2.45) is 11.3 Å². The molecule has 0 aliphatic heterocycles. The fraction of sp³-hybridized carbons (Fsp3) is 0.933. The summed E-state index contributed by atoms with van der Waals surface area (Å²) >= 11 is 0. The molecule has 0 aromatic rings. The zero-order valence-electron chi connectivity index (χ0n) is 12.2. The molecule has 1 saturated carbocycles. The molecular weight excluding hydrogens is 226 g/mol. The van der Waals surface area contributed by atoms with Crippen molar-refractivity contribution in [1.29, 1.82) is 0 Å². The summed E-state index contributed by atoms with van der Waals surface area (Å²) < 4.78 is 0. The van der Waals surface area contributed by atoms with E-state index in [-0.39, 0.29) is 24.0 Å². The average molecular weight is 255 g/mol. The van der Waals surface area contributed by atoms with Crippen molar-refractivity contribution in [3.05, 3.63) is 0 Å². The number of amides is 1. The van der Waals surface area contributed by atoms with Gasteiger partial charge in [0.15, 0.2) is 0 Å². The summed E-state index contributed by atoms with van der Waals surface area (Å²) in [6.07, 6.45) is 6.98. The third-order valence-corrected chi connectivity index (χ3v) is 4.15. The Balaban J connectivity index is 2.65. The molecule has 3 nitrogen and oxygen atoms in total. The van der Waals surface area contributed by atoms with Gasteiger partial charge in [-0.05, 0) is 38.0 Å². The van der Waals surface area contributed by atoms with E-state index in [4.69, 9.17) is 5.11 Å². The third kappa shape index (κ3) is 3.98. The molecule has 3 heteroatoms. The molecule has 0 saturated heterocycles. The lowest BCUT2D eigenvalue weighted by atomic mass is 9.77. The van der Waals surface area contributed by atoms with Crippen molar-refractivity contribution in [1.82, 2.24) is 5.32 Å². The Morgan fingerprint density at radius 2 is 1.94 bits per heavy atom. The molecule has 0 heterocycles. The predicted octanol–water partition coefficient (Wildman–Crippen LogP) is 2.87. The van der Waals surface area contributed by atoms with Gasteiger partial charge in [-0.2, -0.15) is 0 Å². The molecule has 1 atom stereocenters. The maximum atomic E-state index is 12.6. The summed E-state index contributed by atoms with van der Waals surface area (Å²) in [7, 11) is 0. The molecule has 0 bridgehead atoms. The zero-order valence-corrected chi connectivity index (χ0v) is 12.2. The Kier molecular flexibility index (Phi) is 6.13. The first-order valence-electron chi connectivity index (χ1n) is 7.46. The Morgan fingerprint density at radius 3 is 2.39 bits per heavy atom. The highest BCUT2D eigenvalue weighted by Crippen LogP contribution is 2.43. The van der Waals surface area contributed by atoms with Gasteiger partial charge in [-0.3, -0.25) is 4.79 Å². The van der Waals surface area contributed by atoms with E-state index in [0.29, 0.717) is 12.3 Å². The van der Waals surface area contributed by atoms with Crippen LogP contribution in [0.5, 0.6) is 0 Å². The average Bonchev–Trinajstić information content (AvgIpc) is 2.77. The molecule has 18 heavy (non-hydrogen) atoms. The number of carbonyl (C=O) groups is 1. The van der Waals surface area contributed by atoms with Crippen LogP contribution < -0.4 is 5.32 Å². The lowest BCUT2D eigenvalue weighted by Gasteiger charge is -2.31. The van der Waals surface area contributed by atoms with Crippen molar-refractivity contribution < 1.29 is 9.90 Å². The van der Waals surface area contributed by atoms with Crippen LogP contribution in [0.1, 0.15) is 65.7 Å². The first-order valence-corrected chi connectivity index (χ1v) is 7.46. The summed E-state index contributed by atoms with van der Waals surface area (Å²) in [6.45, 7) is 6.59. The maximum absolute atomic E-state index is 12.6. The number of nitrogens with one attached hydrogen (secondary N) is 1.